The molecule has 0 saturated heterocycles. The van der Waals surface area contributed by atoms with Crippen LogP contribution in [0.5, 0.6) is 0 Å². The van der Waals surface area contributed by atoms with Gasteiger partial charge in [-0.25, -0.2) is 27.4 Å². The zero-order chi connectivity index (χ0) is 14.8. The molecule has 1 aromatic carbocycles. The van der Waals surface area contributed by atoms with Crippen LogP contribution >= 0.6 is 0 Å². The fourth-order valence-corrected chi connectivity index (χ4v) is 2.75. The van der Waals surface area contributed by atoms with Gasteiger partial charge in [0.05, 0.1) is 0 Å². The molecule has 2 N–H and O–H groups in total. The molecule has 2 aromatic rings. The van der Waals surface area contributed by atoms with Crippen molar-refractivity contribution in [3.8, 4) is 0 Å². The van der Waals surface area contributed by atoms with E-state index < -0.39 is 20.7 Å². The van der Waals surface area contributed by atoms with Gasteiger partial charge < -0.3 is 0 Å². The van der Waals surface area contributed by atoms with Crippen molar-refractivity contribution in [3.05, 3.63) is 46.4 Å². The van der Waals surface area contributed by atoms with Crippen LogP contribution in [0, 0.1) is 5.82 Å². The summed E-state index contributed by atoms with van der Waals surface area (Å²) in [5, 5.41) is 5.99. The second kappa shape index (κ2) is 5.55. The van der Waals surface area contributed by atoms with Crippen molar-refractivity contribution in [2.24, 2.45) is 7.05 Å². The summed E-state index contributed by atoms with van der Waals surface area (Å²) in [5.74, 6) is -0.404. The lowest BCUT2D eigenvalue weighted by Crippen LogP contribution is -2.27. The van der Waals surface area contributed by atoms with Gasteiger partial charge in [-0.3, -0.25) is 4.57 Å². The van der Waals surface area contributed by atoms with Crippen molar-refractivity contribution in [3.63, 3.8) is 0 Å². The fraction of sp³-hybridized carbons (Fsp3) is 0.273. The molecule has 0 unspecified atom stereocenters. The van der Waals surface area contributed by atoms with Gasteiger partial charge in [-0.1, -0.05) is 12.1 Å². The Morgan fingerprint density at radius 1 is 1.40 bits per heavy atom. The van der Waals surface area contributed by atoms with Crippen molar-refractivity contribution < 1.29 is 12.8 Å². The SMILES string of the molecule is Cn1c(CCNS(=O)(=O)c2ccccc2F)n[nH]c1=O. The first-order chi connectivity index (χ1) is 9.42. The maximum atomic E-state index is 13.4. The number of H-pyrrole nitrogens is 1. The van der Waals surface area contributed by atoms with Gasteiger partial charge >= 0.3 is 5.69 Å². The third-order valence-corrected chi connectivity index (χ3v) is 4.23. The lowest BCUT2D eigenvalue weighted by Gasteiger charge is -2.07. The average Bonchev–Trinajstić information content (AvgIpc) is 2.71. The van der Waals surface area contributed by atoms with E-state index >= 15 is 0 Å². The number of aromatic amines is 1. The highest BCUT2D eigenvalue weighted by atomic mass is 32.2. The summed E-state index contributed by atoms with van der Waals surface area (Å²) in [5.41, 5.74) is -0.378. The van der Waals surface area contributed by atoms with E-state index in [9.17, 15) is 17.6 Å². The second-order valence-corrected chi connectivity index (χ2v) is 5.82. The van der Waals surface area contributed by atoms with E-state index in [1.165, 1.54) is 29.8 Å². The van der Waals surface area contributed by atoms with Crippen molar-refractivity contribution in [1.29, 1.82) is 0 Å². The highest BCUT2D eigenvalue weighted by molar-refractivity contribution is 7.89. The number of hydrogen-bond donors (Lipinski definition) is 2. The molecule has 0 aliphatic rings. The number of benzene rings is 1. The minimum absolute atomic E-state index is 0.00873. The molecule has 2 rings (SSSR count). The van der Waals surface area contributed by atoms with Crippen molar-refractivity contribution in [2.75, 3.05) is 6.54 Å². The third-order valence-electron chi connectivity index (χ3n) is 2.74. The molecule has 108 valence electrons. The number of sulfonamides is 1. The van der Waals surface area contributed by atoms with Crippen LogP contribution in [0.4, 0.5) is 4.39 Å². The quantitative estimate of drug-likeness (QED) is 0.797. The minimum Gasteiger partial charge on any atom is -0.282 e. The van der Waals surface area contributed by atoms with E-state index in [0.29, 0.717) is 5.82 Å². The first-order valence-corrected chi connectivity index (χ1v) is 7.24. The van der Waals surface area contributed by atoms with Crippen LogP contribution in [0.25, 0.3) is 0 Å². The maximum absolute atomic E-state index is 13.4. The van der Waals surface area contributed by atoms with Gasteiger partial charge in [0.2, 0.25) is 10.0 Å². The van der Waals surface area contributed by atoms with Crippen LogP contribution in [0.15, 0.2) is 34.0 Å². The number of aromatic nitrogens is 3. The van der Waals surface area contributed by atoms with Crippen LogP contribution in [0.1, 0.15) is 5.82 Å². The molecule has 0 spiro atoms. The topological polar surface area (TPSA) is 96.8 Å². The van der Waals surface area contributed by atoms with Crippen LogP contribution in [-0.2, 0) is 23.5 Å². The van der Waals surface area contributed by atoms with Crippen molar-refractivity contribution >= 4 is 10.0 Å². The molecule has 20 heavy (non-hydrogen) atoms. The van der Waals surface area contributed by atoms with Gasteiger partial charge in [0.25, 0.3) is 0 Å². The Bertz CT molecular complexity index is 766. The molecule has 1 heterocycles. The lowest BCUT2D eigenvalue weighted by atomic mass is 10.4. The molecule has 0 fully saturated rings. The van der Waals surface area contributed by atoms with Crippen LogP contribution < -0.4 is 10.4 Å². The Kier molecular flexibility index (Phi) is 4.00. The van der Waals surface area contributed by atoms with Crippen LogP contribution in [0.3, 0.4) is 0 Å². The standard InChI is InChI=1S/C11H13FN4O3S/c1-16-10(14-15-11(16)17)6-7-13-20(18,19)9-5-3-2-4-8(9)12/h2-5,13H,6-7H2,1H3,(H,15,17). The maximum Gasteiger partial charge on any atom is 0.343 e. The van der Waals surface area contributed by atoms with E-state index in [1.54, 1.807) is 0 Å². The monoisotopic (exact) mass is 300 g/mol. The highest BCUT2D eigenvalue weighted by Gasteiger charge is 2.18. The molecule has 1 aromatic heterocycles. The normalized spacial score (nSPS) is 11.7. The summed E-state index contributed by atoms with van der Waals surface area (Å²) < 4.78 is 40.7. The fourth-order valence-electron chi connectivity index (χ4n) is 1.64. The number of rotatable bonds is 5. The summed E-state index contributed by atoms with van der Waals surface area (Å²) in [6.07, 6.45) is 0.211. The molecule has 0 aliphatic carbocycles. The molecular weight excluding hydrogens is 287 g/mol. The van der Waals surface area contributed by atoms with Gasteiger partial charge in [-0.2, -0.15) is 5.10 Å². The molecular formula is C11H13FN4O3S. The molecule has 0 saturated carbocycles. The van der Waals surface area contributed by atoms with Gasteiger partial charge in [-0.05, 0) is 12.1 Å². The first-order valence-electron chi connectivity index (χ1n) is 5.76. The van der Waals surface area contributed by atoms with E-state index in [-0.39, 0.29) is 18.7 Å². The molecule has 9 heteroatoms. The summed E-state index contributed by atoms with van der Waals surface area (Å²) in [7, 11) is -2.40. The van der Waals surface area contributed by atoms with Gasteiger partial charge in [-0.15, -0.1) is 0 Å². The molecule has 0 amide bonds. The third kappa shape index (κ3) is 2.94. The Labute approximate surface area is 114 Å². The lowest BCUT2D eigenvalue weighted by molar-refractivity contribution is 0.556. The summed E-state index contributed by atoms with van der Waals surface area (Å²) in [6, 6.07) is 5.11. The number of nitrogens with one attached hydrogen (secondary N) is 2. The van der Waals surface area contributed by atoms with E-state index in [1.807, 2.05) is 0 Å². The summed E-state index contributed by atoms with van der Waals surface area (Å²) in [4.78, 5) is 10.7. The van der Waals surface area contributed by atoms with Crippen LogP contribution in [-0.4, -0.2) is 29.7 Å². The first kappa shape index (κ1) is 14.4. The predicted octanol–water partition coefficient (Wildman–Crippen LogP) is -0.232. The molecule has 0 radical (unpaired) electrons. The van der Waals surface area contributed by atoms with Crippen LogP contribution in [0.2, 0.25) is 0 Å². The molecule has 0 atom stereocenters. The van der Waals surface area contributed by atoms with E-state index in [2.05, 4.69) is 14.9 Å². The molecule has 0 aliphatic heterocycles. The average molecular weight is 300 g/mol. The molecule has 7 nitrogen and oxygen atoms in total. The Morgan fingerprint density at radius 3 is 2.70 bits per heavy atom. The summed E-state index contributed by atoms with van der Waals surface area (Å²) >= 11 is 0. The number of nitrogens with zero attached hydrogens (tertiary/aromatic N) is 2. The number of halogens is 1. The largest absolute Gasteiger partial charge is 0.343 e. The number of hydrogen-bond acceptors (Lipinski definition) is 4. The Balaban J connectivity index is 2.06. The second-order valence-electron chi connectivity index (χ2n) is 4.08. The summed E-state index contributed by atoms with van der Waals surface area (Å²) in [6.45, 7) is 0.00873. The van der Waals surface area contributed by atoms with Gasteiger partial charge in [0.1, 0.15) is 16.5 Å². The predicted molar refractivity (Wildman–Crippen MR) is 69.1 cm³/mol. The van der Waals surface area contributed by atoms with Gasteiger partial charge in [0, 0.05) is 20.0 Å². The van der Waals surface area contributed by atoms with E-state index in [4.69, 9.17) is 0 Å². The Hall–Kier alpha value is -2.00. The van der Waals surface area contributed by atoms with E-state index in [0.717, 1.165) is 6.07 Å². The van der Waals surface area contributed by atoms with Crippen molar-refractivity contribution in [2.45, 2.75) is 11.3 Å². The zero-order valence-electron chi connectivity index (χ0n) is 10.6. The minimum atomic E-state index is -3.92. The zero-order valence-corrected chi connectivity index (χ0v) is 11.4. The van der Waals surface area contributed by atoms with Crippen molar-refractivity contribution in [1.82, 2.24) is 19.5 Å². The molecule has 0 bridgehead atoms. The Morgan fingerprint density at radius 2 is 2.10 bits per heavy atom. The smallest absolute Gasteiger partial charge is 0.282 e. The highest BCUT2D eigenvalue weighted by Crippen LogP contribution is 2.12. The van der Waals surface area contributed by atoms with Gasteiger partial charge in [0.15, 0.2) is 0 Å².